The number of para-hydroxylation sites is 1. The van der Waals surface area contributed by atoms with E-state index in [9.17, 15) is 5.11 Å². The summed E-state index contributed by atoms with van der Waals surface area (Å²) in [5, 5.41) is 14.6. The van der Waals surface area contributed by atoms with Gasteiger partial charge in [0.2, 0.25) is 0 Å². The van der Waals surface area contributed by atoms with Gasteiger partial charge in [0, 0.05) is 47.3 Å². The van der Waals surface area contributed by atoms with E-state index in [0.717, 1.165) is 27.7 Å². The Morgan fingerprint density at radius 3 is 2.66 bits per heavy atom. The first-order valence-corrected chi connectivity index (χ1v) is 10.4. The van der Waals surface area contributed by atoms with Crippen LogP contribution in [0.15, 0.2) is 85.5 Å². The number of anilines is 1. The van der Waals surface area contributed by atoms with E-state index in [4.69, 9.17) is 4.98 Å². The topological polar surface area (TPSA) is 99.6 Å². The van der Waals surface area contributed by atoms with Gasteiger partial charge in [0.25, 0.3) is 0 Å². The Kier molecular flexibility index (Phi) is 5.55. The lowest BCUT2D eigenvalue weighted by molar-refractivity contribution is 0.273. The van der Waals surface area contributed by atoms with E-state index in [1.54, 1.807) is 18.6 Å². The van der Waals surface area contributed by atoms with Gasteiger partial charge in [-0.2, -0.15) is 0 Å². The molecule has 5 rings (SSSR count). The summed E-state index contributed by atoms with van der Waals surface area (Å²) in [6.45, 7) is -0.0370. The molecular formula is C25H22N6O. The van der Waals surface area contributed by atoms with Crippen molar-refractivity contribution in [2.45, 2.75) is 12.5 Å². The number of fused-ring (bicyclic) bond motifs is 1. The molecule has 4 heterocycles. The van der Waals surface area contributed by atoms with Gasteiger partial charge >= 0.3 is 0 Å². The summed E-state index contributed by atoms with van der Waals surface area (Å²) in [6.07, 6.45) is 7.85. The molecule has 0 radical (unpaired) electrons. The molecule has 0 spiro atoms. The molecule has 0 aliphatic rings. The summed E-state index contributed by atoms with van der Waals surface area (Å²) in [7, 11) is 0. The molecule has 0 saturated heterocycles. The first-order valence-electron chi connectivity index (χ1n) is 10.4. The van der Waals surface area contributed by atoms with Crippen LogP contribution in [0.25, 0.3) is 33.7 Å². The van der Waals surface area contributed by atoms with Crippen LogP contribution < -0.4 is 5.32 Å². The van der Waals surface area contributed by atoms with E-state index in [1.807, 2.05) is 60.8 Å². The van der Waals surface area contributed by atoms with Crippen molar-refractivity contribution < 1.29 is 5.11 Å². The van der Waals surface area contributed by atoms with Crippen molar-refractivity contribution in [3.8, 4) is 22.8 Å². The second-order valence-electron chi connectivity index (χ2n) is 7.51. The number of aromatic amines is 1. The maximum Gasteiger partial charge on any atom is 0.180 e. The minimum absolute atomic E-state index is 0.0370. The standard InChI is InChI=1S/C25H22N6O/c32-16-19(12-18-15-28-21-8-2-1-7-20(18)21)29-24-13-23(17-6-5-10-26-14-17)30-25(31-24)22-9-3-4-11-27-22/h1-11,13-15,19,28,32H,12,16H2,(H,29,30,31)/t19-/m1/s1. The highest BCUT2D eigenvalue weighted by Gasteiger charge is 2.15. The van der Waals surface area contributed by atoms with E-state index in [0.29, 0.717) is 23.8 Å². The largest absolute Gasteiger partial charge is 0.394 e. The molecule has 0 aliphatic carbocycles. The van der Waals surface area contributed by atoms with Gasteiger partial charge in [-0.15, -0.1) is 0 Å². The molecule has 158 valence electrons. The molecule has 1 aromatic carbocycles. The number of nitrogens with zero attached hydrogens (tertiary/aromatic N) is 4. The van der Waals surface area contributed by atoms with Crippen LogP contribution in [0, 0.1) is 0 Å². The normalized spacial score (nSPS) is 12.0. The van der Waals surface area contributed by atoms with Gasteiger partial charge in [-0.05, 0) is 42.3 Å². The van der Waals surface area contributed by atoms with Gasteiger partial charge in [-0.1, -0.05) is 24.3 Å². The Labute approximate surface area is 185 Å². The fraction of sp³-hybridized carbons (Fsp3) is 0.120. The summed E-state index contributed by atoms with van der Waals surface area (Å²) >= 11 is 0. The molecule has 3 N–H and O–H groups in total. The van der Waals surface area contributed by atoms with Crippen molar-refractivity contribution in [2.75, 3.05) is 11.9 Å². The van der Waals surface area contributed by atoms with E-state index in [1.165, 1.54) is 0 Å². The van der Waals surface area contributed by atoms with Crippen molar-refractivity contribution in [1.82, 2.24) is 24.9 Å². The molecule has 0 amide bonds. The van der Waals surface area contributed by atoms with Crippen molar-refractivity contribution in [3.05, 3.63) is 91.0 Å². The first-order chi connectivity index (χ1) is 15.8. The number of pyridine rings is 2. The zero-order valence-electron chi connectivity index (χ0n) is 17.3. The van der Waals surface area contributed by atoms with Crippen LogP contribution in [0.5, 0.6) is 0 Å². The van der Waals surface area contributed by atoms with E-state index < -0.39 is 0 Å². The lowest BCUT2D eigenvalue weighted by atomic mass is 10.1. The molecular weight excluding hydrogens is 400 g/mol. The molecule has 7 heteroatoms. The van der Waals surface area contributed by atoms with Crippen molar-refractivity contribution in [2.24, 2.45) is 0 Å². The predicted octanol–water partition coefficient (Wildman–Crippen LogP) is 4.10. The highest BCUT2D eigenvalue weighted by molar-refractivity contribution is 5.83. The van der Waals surface area contributed by atoms with E-state index in [-0.39, 0.29) is 12.6 Å². The predicted molar refractivity (Wildman–Crippen MR) is 125 cm³/mol. The maximum atomic E-state index is 10.1. The van der Waals surface area contributed by atoms with Gasteiger partial charge in [-0.25, -0.2) is 9.97 Å². The lowest BCUT2D eigenvalue weighted by Crippen LogP contribution is -2.27. The van der Waals surface area contributed by atoms with Gasteiger partial charge in [0.1, 0.15) is 11.5 Å². The Hall–Kier alpha value is -4.10. The quantitative estimate of drug-likeness (QED) is 0.365. The van der Waals surface area contributed by atoms with Gasteiger partial charge in [0.15, 0.2) is 5.82 Å². The lowest BCUT2D eigenvalue weighted by Gasteiger charge is -2.18. The smallest absolute Gasteiger partial charge is 0.180 e. The summed E-state index contributed by atoms with van der Waals surface area (Å²) in [5.41, 5.74) is 4.52. The average molecular weight is 422 g/mol. The molecule has 0 saturated carbocycles. The fourth-order valence-electron chi connectivity index (χ4n) is 3.73. The molecule has 7 nitrogen and oxygen atoms in total. The van der Waals surface area contributed by atoms with Crippen molar-refractivity contribution in [3.63, 3.8) is 0 Å². The average Bonchev–Trinajstić information content (AvgIpc) is 3.27. The van der Waals surface area contributed by atoms with Crippen molar-refractivity contribution >= 4 is 16.7 Å². The molecule has 0 unspecified atom stereocenters. The summed E-state index contributed by atoms with van der Waals surface area (Å²) in [5.74, 6) is 1.14. The third-order valence-electron chi connectivity index (χ3n) is 5.29. The second-order valence-corrected chi connectivity index (χ2v) is 7.51. The zero-order chi connectivity index (χ0) is 21.8. The molecule has 4 aromatic heterocycles. The number of nitrogens with one attached hydrogen (secondary N) is 2. The van der Waals surface area contributed by atoms with Crippen LogP contribution in [-0.4, -0.2) is 42.7 Å². The summed E-state index contributed by atoms with van der Waals surface area (Å²) < 4.78 is 0. The highest BCUT2D eigenvalue weighted by atomic mass is 16.3. The summed E-state index contributed by atoms with van der Waals surface area (Å²) in [4.78, 5) is 21.3. The van der Waals surface area contributed by atoms with Crippen LogP contribution in [0.3, 0.4) is 0 Å². The Morgan fingerprint density at radius 2 is 1.84 bits per heavy atom. The van der Waals surface area contributed by atoms with Gasteiger partial charge in [-0.3, -0.25) is 9.97 Å². The maximum absolute atomic E-state index is 10.1. The van der Waals surface area contributed by atoms with Crippen LogP contribution in [0.4, 0.5) is 5.82 Å². The number of hydrogen-bond acceptors (Lipinski definition) is 6. The fourth-order valence-corrected chi connectivity index (χ4v) is 3.73. The Morgan fingerprint density at radius 1 is 0.938 bits per heavy atom. The third-order valence-corrected chi connectivity index (χ3v) is 5.29. The molecule has 1 atom stereocenters. The molecule has 0 fully saturated rings. The molecule has 32 heavy (non-hydrogen) atoms. The van der Waals surface area contributed by atoms with Crippen LogP contribution in [0.1, 0.15) is 5.56 Å². The SMILES string of the molecule is OC[C@@H](Cc1c[nH]c2ccccc12)Nc1cc(-c2cccnc2)nc(-c2ccccn2)n1. The van der Waals surface area contributed by atoms with Crippen LogP contribution in [0.2, 0.25) is 0 Å². The highest BCUT2D eigenvalue weighted by Crippen LogP contribution is 2.24. The van der Waals surface area contributed by atoms with Crippen molar-refractivity contribution in [1.29, 1.82) is 0 Å². The number of aliphatic hydroxyl groups is 1. The zero-order valence-corrected chi connectivity index (χ0v) is 17.3. The Balaban J connectivity index is 1.48. The minimum Gasteiger partial charge on any atom is -0.394 e. The number of aliphatic hydroxyl groups excluding tert-OH is 1. The molecule has 0 aliphatic heterocycles. The number of aromatic nitrogens is 5. The van der Waals surface area contributed by atoms with Crippen LogP contribution >= 0.6 is 0 Å². The molecule has 0 bridgehead atoms. The minimum atomic E-state index is -0.220. The Bertz CT molecular complexity index is 1260. The summed E-state index contributed by atoms with van der Waals surface area (Å²) in [6, 6.07) is 19.3. The van der Waals surface area contributed by atoms with Gasteiger partial charge in [0.05, 0.1) is 18.3 Å². The van der Waals surface area contributed by atoms with Crippen LogP contribution in [-0.2, 0) is 6.42 Å². The number of rotatable bonds is 7. The van der Waals surface area contributed by atoms with Gasteiger partial charge < -0.3 is 15.4 Å². The number of hydrogen-bond donors (Lipinski definition) is 3. The van der Waals surface area contributed by atoms with E-state index in [2.05, 4.69) is 31.3 Å². The van der Waals surface area contributed by atoms with E-state index >= 15 is 0 Å². The third kappa shape index (κ3) is 4.19. The monoisotopic (exact) mass is 422 g/mol. The second kappa shape index (κ2) is 8.95. The molecule has 5 aromatic rings. The number of H-pyrrole nitrogens is 1. The number of benzene rings is 1. The first kappa shape index (κ1) is 19.8.